The van der Waals surface area contributed by atoms with Gasteiger partial charge in [0.15, 0.2) is 0 Å². The number of para-hydroxylation sites is 9. The highest BCUT2D eigenvalue weighted by molar-refractivity contribution is 8.00. The first-order valence-electron chi connectivity index (χ1n) is 38.9. The van der Waals surface area contributed by atoms with Crippen molar-refractivity contribution < 1.29 is 22.7 Å². The highest BCUT2D eigenvalue weighted by Crippen LogP contribution is 2.52. The molecule has 0 aliphatic carbocycles. The van der Waals surface area contributed by atoms with Crippen LogP contribution in [0.4, 0.5) is 51.2 Å². The molecule has 0 amide bonds. The molecule has 14 aromatic carbocycles. The standard InChI is InChI=1S/C98H75B3N4O5S2/c1-96(2,3)66-36-22-33-63-60-30-19-27-57(90(60)108-93(63)66)53-43-76-87-80(44-53)103(56-25-13-12-14-26-56)77-41-17-15-39-69(77)99(87)71-49-72-78(51-75(71)102-76)104(111-10)82-46-55(59-29-21-32-62-65-35-24-38-68(98(7,8)9)95(65)110-92(59)62)48-86-89(82)101(72)74-50-73-79(52-84(74)107-86)105(112-11)81-45-54(47-85-88(81)100(73)70-40-16-18-42-83(70)106-85)58-28-20-31-61-64-34-23-37-67(97(4,5)6)94(64)109-91(58)61/h12-52,102H,1-11H3. The van der Waals surface area contributed by atoms with Gasteiger partial charge in [-0.2, -0.15) is 0 Å². The third-order valence-corrected chi connectivity index (χ3v) is 26.2. The molecule has 0 saturated heterocycles. The number of anilines is 9. The van der Waals surface area contributed by atoms with E-state index in [2.05, 4.69) is 342 Å². The van der Waals surface area contributed by atoms with Crippen molar-refractivity contribution in [2.75, 3.05) is 31.3 Å². The predicted octanol–water partition coefficient (Wildman–Crippen LogP) is 21.3. The van der Waals surface area contributed by atoms with Gasteiger partial charge in [0.25, 0.3) is 20.1 Å². The molecule has 112 heavy (non-hydrogen) atoms. The molecule has 23 rings (SSSR count). The minimum absolute atomic E-state index is 0.126. The van der Waals surface area contributed by atoms with E-state index in [9.17, 15) is 0 Å². The Morgan fingerprint density at radius 1 is 0.295 bits per heavy atom. The van der Waals surface area contributed by atoms with Crippen LogP contribution in [-0.2, 0) is 16.2 Å². The maximum Gasteiger partial charge on any atom is 0.256 e. The summed E-state index contributed by atoms with van der Waals surface area (Å²) in [6.45, 7) is 19.7. The zero-order valence-corrected chi connectivity index (χ0v) is 65.7. The smallest absolute Gasteiger partial charge is 0.256 e. The fourth-order valence-corrected chi connectivity index (χ4v) is 21.2. The van der Waals surface area contributed by atoms with Crippen LogP contribution in [0.1, 0.15) is 79.0 Å². The maximum absolute atomic E-state index is 7.83. The van der Waals surface area contributed by atoms with E-state index in [1.165, 1.54) is 44.0 Å². The Morgan fingerprint density at radius 3 is 1.23 bits per heavy atom. The van der Waals surface area contributed by atoms with Gasteiger partial charge in [0.1, 0.15) is 56.5 Å². The molecule has 9 heterocycles. The van der Waals surface area contributed by atoms with Crippen molar-refractivity contribution in [2.45, 2.75) is 78.6 Å². The van der Waals surface area contributed by atoms with Gasteiger partial charge in [-0.3, -0.25) is 8.61 Å². The molecular weight excluding hydrogens is 1410 g/mol. The van der Waals surface area contributed by atoms with Crippen LogP contribution >= 0.6 is 23.9 Å². The van der Waals surface area contributed by atoms with Crippen molar-refractivity contribution in [3.8, 4) is 56.4 Å². The highest BCUT2D eigenvalue weighted by atomic mass is 32.2. The molecule has 0 fully saturated rings. The Morgan fingerprint density at radius 2 is 0.714 bits per heavy atom. The van der Waals surface area contributed by atoms with Crippen molar-refractivity contribution >= 4 is 210 Å². The lowest BCUT2D eigenvalue weighted by Crippen LogP contribution is -2.65. The van der Waals surface area contributed by atoms with Crippen LogP contribution in [0.5, 0.6) is 23.0 Å². The number of ether oxygens (including phenoxy) is 2. The lowest BCUT2D eigenvalue weighted by atomic mass is 9.29. The number of fused-ring (bicyclic) bond motifs is 21. The Bertz CT molecular complexity index is 7040. The first kappa shape index (κ1) is 66.0. The molecule has 9 nitrogen and oxygen atoms in total. The number of furan rings is 3. The van der Waals surface area contributed by atoms with Gasteiger partial charge in [-0.05, 0) is 173 Å². The highest BCUT2D eigenvalue weighted by Gasteiger charge is 2.50. The largest absolute Gasteiger partial charge is 0.458 e. The van der Waals surface area contributed by atoms with Gasteiger partial charge < -0.3 is 32.9 Å². The van der Waals surface area contributed by atoms with Crippen LogP contribution in [0.3, 0.4) is 0 Å². The second kappa shape index (κ2) is 23.4. The van der Waals surface area contributed by atoms with Gasteiger partial charge in [0.05, 0.1) is 17.1 Å². The van der Waals surface area contributed by atoms with Crippen molar-refractivity contribution in [1.29, 1.82) is 0 Å². The summed E-state index contributed by atoms with van der Waals surface area (Å²) >= 11 is 3.43. The van der Waals surface area contributed by atoms with Crippen LogP contribution in [0.15, 0.2) is 262 Å². The fraction of sp³-hybridized carbons (Fsp3) is 0.143. The molecule has 0 radical (unpaired) electrons. The Kier molecular flexibility index (Phi) is 13.8. The summed E-state index contributed by atoms with van der Waals surface area (Å²) in [7, 11) is 0. The lowest BCUT2D eigenvalue weighted by molar-refractivity contribution is 0.487. The van der Waals surface area contributed by atoms with Gasteiger partial charge in [-0.15, -0.1) is 0 Å². The van der Waals surface area contributed by atoms with Crippen LogP contribution in [-0.4, -0.2) is 32.6 Å². The van der Waals surface area contributed by atoms with Gasteiger partial charge >= 0.3 is 0 Å². The molecule has 14 heteroatoms. The van der Waals surface area contributed by atoms with E-state index in [1.54, 1.807) is 23.9 Å². The summed E-state index contributed by atoms with van der Waals surface area (Å²) in [5.41, 5.74) is 35.0. The summed E-state index contributed by atoms with van der Waals surface area (Å²) in [6.07, 6.45) is 4.40. The second-order valence-corrected chi connectivity index (χ2v) is 35.7. The quantitative estimate of drug-likeness (QED) is 0.128. The number of hydrogen-bond acceptors (Lipinski definition) is 11. The van der Waals surface area contributed by atoms with Crippen LogP contribution in [0, 0.1) is 0 Å². The average Bonchev–Trinajstić information content (AvgIpc) is 0.729. The second-order valence-electron chi connectivity index (χ2n) is 34.2. The van der Waals surface area contributed by atoms with E-state index < -0.39 is 0 Å². The minimum Gasteiger partial charge on any atom is -0.458 e. The summed E-state index contributed by atoms with van der Waals surface area (Å²) < 4.78 is 41.6. The number of nitrogens with one attached hydrogen (secondary N) is 1. The molecule has 538 valence electrons. The molecule has 0 spiro atoms. The average molecular weight is 1490 g/mol. The minimum atomic E-state index is -0.289. The van der Waals surface area contributed by atoms with Crippen molar-refractivity contribution in [1.82, 2.24) is 0 Å². The summed E-state index contributed by atoms with van der Waals surface area (Å²) in [4.78, 5) is 2.48. The van der Waals surface area contributed by atoms with E-state index in [1.807, 2.05) is 0 Å². The normalized spacial score (nSPS) is 14.2. The van der Waals surface area contributed by atoms with E-state index >= 15 is 0 Å². The first-order valence-corrected chi connectivity index (χ1v) is 41.3. The third-order valence-electron chi connectivity index (χ3n) is 24.7. The Labute approximate surface area is 660 Å². The van der Waals surface area contributed by atoms with Gasteiger partial charge in [-0.25, -0.2) is 0 Å². The van der Waals surface area contributed by atoms with E-state index in [4.69, 9.17) is 22.7 Å². The van der Waals surface area contributed by atoms with Crippen molar-refractivity contribution in [3.63, 3.8) is 0 Å². The molecule has 0 bridgehead atoms. The Hall–Kier alpha value is -11.8. The molecule has 6 aliphatic rings. The SMILES string of the molecule is CSN1c2cc3c(cc2B2c4cc5c(cc4Oc4cc(-c6cccc7c6oc6c(C(C)(C)C)cccc67)cc1c42)N(SC)c1cc(-c2cccc4c2oc2c(C(C)(C)C)cccc24)cc2c1B5c1ccccc1O2)B1c2ccccc2N(c2ccccc2)c2cc(-c4cccc5c4oc4c(C(C)(C)C)cccc45)cc(c21)N3. The molecule has 0 atom stereocenters. The van der Waals surface area contributed by atoms with Gasteiger partial charge in [0.2, 0.25) is 0 Å². The molecule has 6 aliphatic heterocycles. The third kappa shape index (κ3) is 9.27. The topological polar surface area (TPSA) is 79.6 Å². The monoisotopic (exact) mass is 1480 g/mol. The fourth-order valence-electron chi connectivity index (χ4n) is 19.8. The predicted molar refractivity (Wildman–Crippen MR) is 476 cm³/mol. The molecule has 1 N–H and O–H groups in total. The van der Waals surface area contributed by atoms with E-state index in [0.29, 0.717) is 0 Å². The molecule has 0 unspecified atom stereocenters. The van der Waals surface area contributed by atoms with Crippen LogP contribution < -0.4 is 77.5 Å². The summed E-state index contributed by atoms with van der Waals surface area (Å²) in [5, 5.41) is 10.9. The van der Waals surface area contributed by atoms with E-state index in [-0.39, 0.29) is 36.4 Å². The molecule has 17 aromatic rings. The van der Waals surface area contributed by atoms with E-state index in [0.717, 1.165) is 195 Å². The summed E-state index contributed by atoms with van der Waals surface area (Å²) in [5.74, 6) is 3.30. The summed E-state index contributed by atoms with van der Waals surface area (Å²) in [6, 6.07) is 92.3. The zero-order valence-electron chi connectivity index (χ0n) is 64.1. The van der Waals surface area contributed by atoms with Gasteiger partial charge in [-0.1, -0.05) is 238 Å². The number of hydrogen-bond donors (Lipinski definition) is 1. The van der Waals surface area contributed by atoms with Crippen molar-refractivity contribution in [2.24, 2.45) is 0 Å². The van der Waals surface area contributed by atoms with Crippen molar-refractivity contribution in [3.05, 3.63) is 265 Å². The zero-order chi connectivity index (χ0) is 75.4. The molecule has 0 saturated carbocycles. The van der Waals surface area contributed by atoms with Crippen LogP contribution in [0.2, 0.25) is 0 Å². The number of nitrogens with zero attached hydrogens (tertiary/aromatic N) is 3. The number of benzene rings is 14. The Balaban J connectivity index is 0.755. The van der Waals surface area contributed by atoms with Crippen LogP contribution in [0.25, 0.3) is 99.2 Å². The maximum atomic E-state index is 7.83. The number of rotatable bonds is 6. The molecular formula is C98H75B3N4O5S2. The first-order chi connectivity index (χ1) is 54.3. The lowest BCUT2D eigenvalue weighted by Gasteiger charge is -2.44. The van der Waals surface area contributed by atoms with Gasteiger partial charge in [0, 0.05) is 118 Å². The molecule has 3 aromatic heterocycles.